The van der Waals surface area contributed by atoms with Crippen molar-refractivity contribution in [2.45, 2.75) is 6.42 Å². The number of aliphatic hydroxyl groups is 1. The molecule has 0 aromatic carbocycles. The van der Waals surface area contributed by atoms with Crippen molar-refractivity contribution in [2.75, 3.05) is 18.5 Å². The lowest BCUT2D eigenvalue weighted by Crippen LogP contribution is -2.05. The molecule has 0 aliphatic heterocycles. The number of aromatic nitrogens is 2. The molecule has 0 spiro atoms. The summed E-state index contributed by atoms with van der Waals surface area (Å²) in [5, 5.41) is 15.9. The normalized spacial score (nSPS) is 10.3. The van der Waals surface area contributed by atoms with E-state index in [-0.39, 0.29) is 6.61 Å². The lowest BCUT2D eigenvalue weighted by atomic mass is 10.2. The molecule has 2 aromatic heterocycles. The minimum atomic E-state index is 0.190. The first-order valence-corrected chi connectivity index (χ1v) is 6.04. The first-order valence-electron chi connectivity index (χ1n) is 5.09. The Balaban J connectivity index is 2.08. The highest BCUT2D eigenvalue weighted by Crippen LogP contribution is 2.20. The van der Waals surface area contributed by atoms with Crippen LogP contribution in [-0.4, -0.2) is 28.2 Å². The van der Waals surface area contributed by atoms with Crippen molar-refractivity contribution < 1.29 is 5.11 Å². The van der Waals surface area contributed by atoms with Crippen LogP contribution in [0.3, 0.4) is 0 Å². The van der Waals surface area contributed by atoms with E-state index >= 15 is 0 Å². The molecule has 2 N–H and O–H groups in total. The Hall–Kier alpha value is -1.46. The number of nitrogens with one attached hydrogen (secondary N) is 1. The summed E-state index contributed by atoms with van der Waals surface area (Å²) < 4.78 is 0. The molecule has 0 amide bonds. The average molecular weight is 235 g/mol. The molecular weight excluding hydrogens is 222 g/mol. The summed E-state index contributed by atoms with van der Waals surface area (Å²) in [5.74, 6) is 0.796. The molecule has 0 aliphatic rings. The van der Waals surface area contributed by atoms with Crippen LogP contribution in [0.4, 0.5) is 5.82 Å². The highest BCUT2D eigenvalue weighted by atomic mass is 32.1. The van der Waals surface area contributed by atoms with Gasteiger partial charge in [-0.1, -0.05) is 0 Å². The molecule has 0 atom stereocenters. The lowest BCUT2D eigenvalue weighted by molar-refractivity contribution is 0.292. The van der Waals surface area contributed by atoms with Gasteiger partial charge in [0.25, 0.3) is 0 Å². The van der Waals surface area contributed by atoms with Gasteiger partial charge in [-0.25, -0.2) is 9.97 Å². The number of hydrogen-bond donors (Lipinski definition) is 2. The summed E-state index contributed by atoms with van der Waals surface area (Å²) in [6, 6.07) is 3.95. The Kier molecular flexibility index (Phi) is 3.85. The molecule has 0 unspecified atom stereocenters. The maximum Gasteiger partial charge on any atom is 0.129 e. The van der Waals surface area contributed by atoms with Gasteiger partial charge in [0.2, 0.25) is 0 Å². The number of nitrogens with zero attached hydrogens (tertiary/aromatic N) is 2. The molecule has 0 saturated carbocycles. The molecule has 0 radical (unpaired) electrons. The average Bonchev–Trinajstić information content (AvgIpc) is 2.83. The summed E-state index contributed by atoms with van der Waals surface area (Å²) in [6.45, 7) is 0.909. The Morgan fingerprint density at radius 1 is 1.38 bits per heavy atom. The number of aliphatic hydroxyl groups excluding tert-OH is 1. The Morgan fingerprint density at radius 2 is 2.31 bits per heavy atom. The van der Waals surface area contributed by atoms with E-state index < -0.39 is 0 Å². The van der Waals surface area contributed by atoms with E-state index in [0.717, 1.165) is 30.0 Å². The van der Waals surface area contributed by atoms with Crippen LogP contribution < -0.4 is 5.32 Å². The van der Waals surface area contributed by atoms with Crippen LogP contribution in [-0.2, 0) is 0 Å². The van der Waals surface area contributed by atoms with Crippen LogP contribution in [0.15, 0.2) is 29.2 Å². The van der Waals surface area contributed by atoms with Crippen molar-refractivity contribution >= 4 is 17.2 Å². The van der Waals surface area contributed by atoms with E-state index in [4.69, 9.17) is 5.11 Å². The molecule has 0 aliphatic carbocycles. The van der Waals surface area contributed by atoms with Crippen molar-refractivity contribution in [3.05, 3.63) is 29.2 Å². The molecule has 0 saturated heterocycles. The third-order valence-electron chi connectivity index (χ3n) is 2.13. The second-order valence-electron chi connectivity index (χ2n) is 3.30. The molecule has 2 aromatic rings. The third-order valence-corrected chi connectivity index (χ3v) is 2.81. The highest BCUT2D eigenvalue weighted by Gasteiger charge is 2.01. The van der Waals surface area contributed by atoms with Crippen LogP contribution in [0.25, 0.3) is 11.3 Å². The van der Waals surface area contributed by atoms with Gasteiger partial charge in [-0.15, -0.1) is 0 Å². The predicted molar refractivity (Wildman–Crippen MR) is 65.5 cm³/mol. The topological polar surface area (TPSA) is 58.0 Å². The molecule has 0 fully saturated rings. The zero-order chi connectivity index (χ0) is 11.2. The maximum absolute atomic E-state index is 8.68. The first kappa shape index (κ1) is 11.0. The molecule has 2 rings (SSSR count). The zero-order valence-corrected chi connectivity index (χ0v) is 9.57. The van der Waals surface area contributed by atoms with Crippen LogP contribution >= 0.6 is 11.3 Å². The van der Waals surface area contributed by atoms with Crippen LogP contribution in [0, 0.1) is 0 Å². The van der Waals surface area contributed by atoms with Gasteiger partial charge in [0.05, 0.1) is 5.69 Å². The second-order valence-corrected chi connectivity index (χ2v) is 4.08. The fourth-order valence-corrected chi connectivity index (χ4v) is 1.97. The number of anilines is 1. The smallest absolute Gasteiger partial charge is 0.129 e. The minimum Gasteiger partial charge on any atom is -0.396 e. The van der Waals surface area contributed by atoms with E-state index in [0.29, 0.717) is 0 Å². The molecule has 2 heterocycles. The van der Waals surface area contributed by atoms with Gasteiger partial charge in [0, 0.05) is 30.2 Å². The molecule has 5 heteroatoms. The molecule has 84 valence electrons. The number of hydrogen-bond acceptors (Lipinski definition) is 5. The van der Waals surface area contributed by atoms with Gasteiger partial charge in [-0.2, -0.15) is 11.3 Å². The third kappa shape index (κ3) is 2.77. The van der Waals surface area contributed by atoms with Crippen molar-refractivity contribution in [3.8, 4) is 11.3 Å². The van der Waals surface area contributed by atoms with Gasteiger partial charge in [-0.05, 0) is 17.9 Å². The Bertz CT molecular complexity index is 431. The van der Waals surface area contributed by atoms with Gasteiger partial charge < -0.3 is 10.4 Å². The largest absolute Gasteiger partial charge is 0.396 e. The van der Waals surface area contributed by atoms with Crippen molar-refractivity contribution in [1.29, 1.82) is 0 Å². The first-order chi connectivity index (χ1) is 7.90. The van der Waals surface area contributed by atoms with E-state index in [1.807, 2.05) is 17.5 Å². The highest BCUT2D eigenvalue weighted by molar-refractivity contribution is 7.08. The van der Waals surface area contributed by atoms with E-state index in [9.17, 15) is 0 Å². The number of rotatable bonds is 5. The predicted octanol–water partition coefficient (Wildman–Crippen LogP) is 2.00. The monoisotopic (exact) mass is 235 g/mol. The second kappa shape index (κ2) is 5.58. The molecule has 16 heavy (non-hydrogen) atoms. The van der Waals surface area contributed by atoms with Gasteiger partial charge >= 0.3 is 0 Å². The van der Waals surface area contributed by atoms with E-state index in [2.05, 4.69) is 20.7 Å². The SMILES string of the molecule is OCCCNc1cc(-c2ccsc2)ncn1. The standard InChI is InChI=1S/C11H13N3OS/c15-4-1-3-12-11-6-10(13-8-14-11)9-2-5-16-7-9/h2,5-8,15H,1,3-4H2,(H,12,13,14). The van der Waals surface area contributed by atoms with Crippen LogP contribution in [0.2, 0.25) is 0 Å². The Labute approximate surface area is 98.0 Å². The summed E-state index contributed by atoms with van der Waals surface area (Å²) in [4.78, 5) is 8.34. The Morgan fingerprint density at radius 3 is 3.06 bits per heavy atom. The summed E-state index contributed by atoms with van der Waals surface area (Å²) in [5.41, 5.74) is 2.03. The van der Waals surface area contributed by atoms with Gasteiger partial charge in [0.1, 0.15) is 12.1 Å². The minimum absolute atomic E-state index is 0.190. The van der Waals surface area contributed by atoms with E-state index in [1.54, 1.807) is 17.7 Å². The fourth-order valence-electron chi connectivity index (χ4n) is 1.32. The van der Waals surface area contributed by atoms with Gasteiger partial charge in [0.15, 0.2) is 0 Å². The molecule has 4 nitrogen and oxygen atoms in total. The van der Waals surface area contributed by atoms with Gasteiger partial charge in [-0.3, -0.25) is 0 Å². The van der Waals surface area contributed by atoms with Crippen molar-refractivity contribution in [1.82, 2.24) is 9.97 Å². The summed E-state index contributed by atoms with van der Waals surface area (Å²) in [7, 11) is 0. The summed E-state index contributed by atoms with van der Waals surface area (Å²) >= 11 is 1.65. The summed E-state index contributed by atoms with van der Waals surface area (Å²) in [6.07, 6.45) is 2.27. The van der Waals surface area contributed by atoms with Crippen molar-refractivity contribution in [3.63, 3.8) is 0 Å². The zero-order valence-electron chi connectivity index (χ0n) is 8.76. The van der Waals surface area contributed by atoms with Crippen molar-refractivity contribution in [2.24, 2.45) is 0 Å². The van der Waals surface area contributed by atoms with Crippen LogP contribution in [0.1, 0.15) is 6.42 Å². The lowest BCUT2D eigenvalue weighted by Gasteiger charge is -2.04. The molecular formula is C11H13N3OS. The maximum atomic E-state index is 8.68. The quantitative estimate of drug-likeness (QED) is 0.778. The van der Waals surface area contributed by atoms with Crippen LogP contribution in [0.5, 0.6) is 0 Å². The number of thiophene rings is 1. The molecule has 0 bridgehead atoms. The van der Waals surface area contributed by atoms with E-state index in [1.165, 1.54) is 0 Å². The fraction of sp³-hybridized carbons (Fsp3) is 0.273.